The van der Waals surface area contributed by atoms with E-state index >= 15 is 0 Å². The number of nitrogens with zero attached hydrogens (tertiary/aromatic N) is 4. The van der Waals surface area contributed by atoms with Gasteiger partial charge >= 0.3 is 0 Å². The quantitative estimate of drug-likeness (QED) is 0.297. The normalized spacial score (nSPS) is 12.1. The van der Waals surface area contributed by atoms with Gasteiger partial charge in [-0.2, -0.15) is 0 Å². The van der Waals surface area contributed by atoms with Crippen LogP contribution in [-0.4, -0.2) is 52.0 Å². The van der Waals surface area contributed by atoms with Gasteiger partial charge in [0.2, 0.25) is 0 Å². The summed E-state index contributed by atoms with van der Waals surface area (Å²) < 4.78 is 3.05. The second-order valence-corrected chi connectivity index (χ2v) is 7.81. The Morgan fingerprint density at radius 1 is 1.19 bits per heavy atom. The second-order valence-electron chi connectivity index (χ2n) is 6.89. The number of aliphatic imine (C=N–C) groups is 1. The van der Waals surface area contributed by atoms with Crippen LogP contribution in [0.3, 0.4) is 0 Å². The first kappa shape index (κ1) is 24.2. The molecule has 2 aromatic heterocycles. The van der Waals surface area contributed by atoms with Gasteiger partial charge < -0.3 is 15.0 Å². The molecule has 0 aliphatic carbocycles. The molecular weight excluding hydrogens is 519 g/mol. The summed E-state index contributed by atoms with van der Waals surface area (Å²) in [4.78, 5) is 11.8. The molecule has 8 heteroatoms. The first-order chi connectivity index (χ1) is 12.4. The average molecular weight is 551 g/mol. The molecule has 0 radical (unpaired) electrons. The molecule has 0 fully saturated rings. The minimum Gasteiger partial charge on any atom is -0.357 e. The maximum Gasteiger partial charge on any atom is 0.191 e. The third kappa shape index (κ3) is 7.57. The van der Waals surface area contributed by atoms with Crippen molar-refractivity contribution in [3.8, 4) is 0 Å². The number of rotatable bonds is 8. The first-order valence-corrected chi connectivity index (χ1v) is 10.1. The van der Waals surface area contributed by atoms with E-state index in [2.05, 4.69) is 76.1 Å². The van der Waals surface area contributed by atoms with E-state index in [-0.39, 0.29) is 24.0 Å². The predicted molar refractivity (Wildman–Crippen MR) is 128 cm³/mol. The highest BCUT2D eigenvalue weighted by atomic mass is 127. The highest BCUT2D eigenvalue weighted by molar-refractivity contribution is 14.0. The van der Waals surface area contributed by atoms with Crippen LogP contribution in [0, 0.1) is 0 Å². The topological polar surface area (TPSA) is 57.0 Å². The van der Waals surface area contributed by atoms with Crippen molar-refractivity contribution in [3.63, 3.8) is 0 Å². The van der Waals surface area contributed by atoms with Crippen LogP contribution in [0.5, 0.6) is 0 Å². The van der Waals surface area contributed by atoms with E-state index in [1.54, 1.807) is 0 Å². The molecule has 0 unspecified atom stereocenters. The van der Waals surface area contributed by atoms with Crippen molar-refractivity contribution >= 4 is 51.5 Å². The van der Waals surface area contributed by atoms with Crippen molar-refractivity contribution in [3.05, 3.63) is 34.7 Å². The molecule has 2 aromatic rings. The average Bonchev–Trinajstić information content (AvgIpc) is 2.97. The van der Waals surface area contributed by atoms with Gasteiger partial charge in [-0.1, -0.05) is 0 Å². The Bertz CT molecular complexity index is 720. The van der Waals surface area contributed by atoms with Crippen LogP contribution in [0.25, 0.3) is 5.65 Å². The Kier molecular flexibility index (Phi) is 10.6. The number of fused-ring (bicyclic) bond motifs is 1. The smallest absolute Gasteiger partial charge is 0.191 e. The molecule has 6 nitrogen and oxygen atoms in total. The summed E-state index contributed by atoms with van der Waals surface area (Å²) in [6, 6.07) is 5.06. The number of aromatic nitrogens is 2. The molecule has 2 N–H and O–H groups in total. The van der Waals surface area contributed by atoms with E-state index in [4.69, 9.17) is 0 Å². The van der Waals surface area contributed by atoms with E-state index in [1.165, 1.54) is 0 Å². The fraction of sp³-hybridized carbons (Fsp3) is 0.579. The molecule has 0 amide bonds. The molecule has 2 rings (SSSR count). The molecule has 0 aliphatic heterocycles. The molecule has 0 saturated carbocycles. The Morgan fingerprint density at radius 2 is 1.89 bits per heavy atom. The molecule has 2 heterocycles. The summed E-state index contributed by atoms with van der Waals surface area (Å²) in [7, 11) is 0. The van der Waals surface area contributed by atoms with Crippen molar-refractivity contribution in [2.24, 2.45) is 4.99 Å². The number of hydrogen-bond donors (Lipinski definition) is 2. The van der Waals surface area contributed by atoms with Crippen LogP contribution in [0.4, 0.5) is 0 Å². The largest absolute Gasteiger partial charge is 0.357 e. The van der Waals surface area contributed by atoms with Crippen LogP contribution in [-0.2, 0) is 6.54 Å². The van der Waals surface area contributed by atoms with Crippen molar-refractivity contribution in [1.82, 2.24) is 24.9 Å². The van der Waals surface area contributed by atoms with E-state index in [0.717, 1.165) is 41.4 Å². The number of imidazole rings is 1. The molecule has 0 saturated heterocycles. The lowest BCUT2D eigenvalue weighted by Crippen LogP contribution is -2.45. The first-order valence-electron chi connectivity index (χ1n) is 9.31. The van der Waals surface area contributed by atoms with Gasteiger partial charge in [0, 0.05) is 48.6 Å². The van der Waals surface area contributed by atoms with Crippen LogP contribution < -0.4 is 10.6 Å². The van der Waals surface area contributed by atoms with Gasteiger partial charge in [0.15, 0.2) is 5.96 Å². The van der Waals surface area contributed by atoms with Gasteiger partial charge in [0.25, 0.3) is 0 Å². The minimum atomic E-state index is 0. The molecular formula is C19H32BrIN6. The Labute approximate surface area is 188 Å². The molecule has 0 bridgehead atoms. The number of guanidine groups is 1. The van der Waals surface area contributed by atoms with Crippen molar-refractivity contribution in [2.75, 3.05) is 19.6 Å². The number of pyridine rings is 1. The SMILES string of the molecule is CCNC(=NCc1cn2cc(Br)ccc2n1)NCCN(C(C)C)C(C)C.I. The van der Waals surface area contributed by atoms with E-state index < -0.39 is 0 Å². The van der Waals surface area contributed by atoms with Gasteiger partial charge in [0.05, 0.1) is 12.2 Å². The Hall–Kier alpha value is -0.870. The van der Waals surface area contributed by atoms with Crippen LogP contribution in [0.1, 0.15) is 40.3 Å². The van der Waals surface area contributed by atoms with Gasteiger partial charge in [-0.15, -0.1) is 24.0 Å². The maximum absolute atomic E-state index is 4.68. The van der Waals surface area contributed by atoms with Gasteiger partial charge in [-0.3, -0.25) is 4.90 Å². The molecule has 0 aromatic carbocycles. The third-order valence-corrected chi connectivity index (χ3v) is 4.67. The fourth-order valence-corrected chi connectivity index (χ4v) is 3.36. The predicted octanol–water partition coefficient (Wildman–Crippen LogP) is 3.89. The summed E-state index contributed by atoms with van der Waals surface area (Å²) >= 11 is 3.48. The van der Waals surface area contributed by atoms with Crippen LogP contribution in [0.15, 0.2) is 34.0 Å². The van der Waals surface area contributed by atoms with Gasteiger partial charge in [-0.05, 0) is 62.7 Å². The van der Waals surface area contributed by atoms with Crippen LogP contribution >= 0.6 is 39.9 Å². The third-order valence-electron chi connectivity index (χ3n) is 4.20. The molecule has 0 spiro atoms. The lowest BCUT2D eigenvalue weighted by atomic mass is 10.2. The second kappa shape index (κ2) is 11.9. The van der Waals surface area contributed by atoms with Gasteiger partial charge in [0.1, 0.15) is 5.65 Å². The number of nitrogens with one attached hydrogen (secondary N) is 2. The zero-order valence-corrected chi connectivity index (χ0v) is 20.8. The highest BCUT2D eigenvalue weighted by Crippen LogP contribution is 2.12. The summed E-state index contributed by atoms with van der Waals surface area (Å²) in [5, 5.41) is 6.74. The van der Waals surface area contributed by atoms with Crippen LogP contribution in [0.2, 0.25) is 0 Å². The Morgan fingerprint density at radius 3 is 2.52 bits per heavy atom. The van der Waals surface area contributed by atoms with E-state index in [0.29, 0.717) is 18.6 Å². The minimum absolute atomic E-state index is 0. The summed E-state index contributed by atoms with van der Waals surface area (Å²) in [6.45, 7) is 14.3. The summed E-state index contributed by atoms with van der Waals surface area (Å²) in [6.07, 6.45) is 4.03. The zero-order valence-electron chi connectivity index (χ0n) is 16.9. The standard InChI is InChI=1S/C19H31BrN6.HI/c1-6-21-19(22-9-10-26(14(2)3)15(4)5)23-11-17-13-25-12-16(20)7-8-18(25)24-17;/h7-8,12-15H,6,9-11H2,1-5H3,(H2,21,22,23);1H. The van der Waals surface area contributed by atoms with Gasteiger partial charge in [-0.25, -0.2) is 9.98 Å². The fourth-order valence-electron chi connectivity index (χ4n) is 3.01. The monoisotopic (exact) mass is 550 g/mol. The lowest BCUT2D eigenvalue weighted by Gasteiger charge is -2.30. The number of hydrogen-bond acceptors (Lipinski definition) is 3. The van der Waals surface area contributed by atoms with Crippen molar-refractivity contribution in [1.29, 1.82) is 0 Å². The van der Waals surface area contributed by atoms with Crippen molar-refractivity contribution < 1.29 is 0 Å². The molecule has 152 valence electrons. The maximum atomic E-state index is 4.68. The highest BCUT2D eigenvalue weighted by Gasteiger charge is 2.12. The van der Waals surface area contributed by atoms with Crippen molar-refractivity contribution in [2.45, 2.75) is 53.2 Å². The zero-order chi connectivity index (χ0) is 19.1. The van der Waals surface area contributed by atoms with E-state index in [1.807, 2.05) is 28.9 Å². The summed E-state index contributed by atoms with van der Waals surface area (Å²) in [5.74, 6) is 0.832. The summed E-state index contributed by atoms with van der Waals surface area (Å²) in [5.41, 5.74) is 1.88. The Balaban J connectivity index is 0.00000364. The molecule has 27 heavy (non-hydrogen) atoms. The lowest BCUT2D eigenvalue weighted by molar-refractivity contribution is 0.178. The molecule has 0 aliphatic rings. The number of halogens is 2. The molecule has 0 atom stereocenters. The van der Waals surface area contributed by atoms with E-state index in [9.17, 15) is 0 Å².